The molecule has 19 heavy (non-hydrogen) atoms. The van der Waals surface area contributed by atoms with Crippen LogP contribution >= 0.6 is 22.6 Å². The normalized spacial score (nSPS) is 31.3. The molecular weight excluding hydrogens is 351 g/mol. The first-order valence-electron chi connectivity index (χ1n) is 7.96. The van der Waals surface area contributed by atoms with Crippen LogP contribution in [0.4, 0.5) is 0 Å². The number of hydrogen-bond donors (Lipinski definition) is 0. The minimum atomic E-state index is -0.155. The van der Waals surface area contributed by atoms with Crippen LogP contribution in [-0.4, -0.2) is 15.5 Å². The molecule has 2 nitrogen and oxygen atoms in total. The standard InChI is InChI=1S/C16H27IO2/c1-3-13(17)14(18)19-16(4-2)12-8-7-11-15(16)9-5-6-10-15/h13H,3-12H2,1-2H3. The first kappa shape index (κ1) is 15.6. The lowest BCUT2D eigenvalue weighted by Crippen LogP contribution is -2.52. The highest BCUT2D eigenvalue weighted by Crippen LogP contribution is 2.57. The van der Waals surface area contributed by atoms with Gasteiger partial charge in [-0.2, -0.15) is 0 Å². The molecule has 0 aromatic heterocycles. The third kappa shape index (κ3) is 2.81. The summed E-state index contributed by atoms with van der Waals surface area (Å²) in [4.78, 5) is 12.3. The van der Waals surface area contributed by atoms with Gasteiger partial charge in [-0.3, -0.25) is 4.79 Å². The number of alkyl halides is 1. The Morgan fingerprint density at radius 1 is 1.11 bits per heavy atom. The second-order valence-electron chi connectivity index (χ2n) is 6.34. The summed E-state index contributed by atoms with van der Waals surface area (Å²) in [5.41, 5.74) is 0.150. The zero-order valence-electron chi connectivity index (χ0n) is 12.3. The molecule has 0 amide bonds. The molecule has 0 aromatic carbocycles. The SMILES string of the molecule is CCC(I)C(=O)OC1(CC)CCCCC12CCCC2. The largest absolute Gasteiger partial charge is 0.458 e. The van der Waals surface area contributed by atoms with Crippen LogP contribution in [-0.2, 0) is 9.53 Å². The molecule has 3 heteroatoms. The minimum absolute atomic E-state index is 0.0152. The van der Waals surface area contributed by atoms with Crippen LogP contribution in [0.5, 0.6) is 0 Å². The molecule has 2 fully saturated rings. The lowest BCUT2D eigenvalue weighted by Gasteiger charge is -2.51. The highest BCUT2D eigenvalue weighted by molar-refractivity contribution is 14.1. The van der Waals surface area contributed by atoms with E-state index in [1.54, 1.807) is 0 Å². The highest BCUT2D eigenvalue weighted by Gasteiger charge is 2.55. The molecule has 0 saturated heterocycles. The molecule has 110 valence electrons. The maximum absolute atomic E-state index is 12.3. The average molecular weight is 378 g/mol. The molecule has 0 radical (unpaired) electrons. The van der Waals surface area contributed by atoms with Crippen LogP contribution in [0.25, 0.3) is 0 Å². The molecule has 0 heterocycles. The Balaban J connectivity index is 2.20. The number of ether oxygens (including phenoxy) is 1. The number of rotatable bonds is 4. The maximum atomic E-state index is 12.3. The van der Waals surface area contributed by atoms with Crippen LogP contribution in [0.2, 0.25) is 0 Å². The first-order chi connectivity index (χ1) is 9.09. The molecule has 2 unspecified atom stereocenters. The van der Waals surface area contributed by atoms with Crippen LogP contribution in [0.3, 0.4) is 0 Å². The topological polar surface area (TPSA) is 26.3 Å². The maximum Gasteiger partial charge on any atom is 0.319 e. The summed E-state index contributed by atoms with van der Waals surface area (Å²) in [6.07, 6.45) is 11.9. The van der Waals surface area contributed by atoms with Gasteiger partial charge in [0.05, 0.1) is 0 Å². The van der Waals surface area contributed by atoms with Crippen LogP contribution in [0, 0.1) is 5.41 Å². The van der Waals surface area contributed by atoms with Gasteiger partial charge in [-0.05, 0) is 44.9 Å². The number of carbonyl (C=O) groups excluding carboxylic acids is 1. The Bertz CT molecular complexity index is 323. The second kappa shape index (κ2) is 6.31. The predicted octanol–water partition coefficient (Wildman–Crippen LogP) is 5.03. The van der Waals surface area contributed by atoms with Crippen molar-refractivity contribution in [1.29, 1.82) is 0 Å². The Morgan fingerprint density at radius 2 is 1.63 bits per heavy atom. The Labute approximate surface area is 131 Å². The summed E-state index contributed by atoms with van der Waals surface area (Å²) in [5.74, 6) is 0.0260. The van der Waals surface area contributed by atoms with Gasteiger partial charge in [0.1, 0.15) is 9.53 Å². The van der Waals surface area contributed by atoms with E-state index in [0.29, 0.717) is 5.41 Å². The van der Waals surface area contributed by atoms with Crippen molar-refractivity contribution in [1.82, 2.24) is 0 Å². The van der Waals surface area contributed by atoms with Gasteiger partial charge in [0.25, 0.3) is 0 Å². The van der Waals surface area contributed by atoms with E-state index in [9.17, 15) is 4.79 Å². The summed E-state index contributed by atoms with van der Waals surface area (Å²) >= 11 is 2.23. The van der Waals surface area contributed by atoms with Crippen molar-refractivity contribution in [3.05, 3.63) is 0 Å². The second-order valence-corrected chi connectivity index (χ2v) is 7.84. The van der Waals surface area contributed by atoms with Crippen LogP contribution < -0.4 is 0 Å². The summed E-state index contributed by atoms with van der Waals surface area (Å²) in [7, 11) is 0. The van der Waals surface area contributed by atoms with Crippen molar-refractivity contribution in [2.24, 2.45) is 5.41 Å². The van der Waals surface area contributed by atoms with Crippen molar-refractivity contribution in [3.63, 3.8) is 0 Å². The van der Waals surface area contributed by atoms with Gasteiger partial charge >= 0.3 is 5.97 Å². The number of carbonyl (C=O) groups is 1. The molecule has 0 aliphatic heterocycles. The highest BCUT2D eigenvalue weighted by atomic mass is 127. The van der Waals surface area contributed by atoms with E-state index in [4.69, 9.17) is 4.74 Å². The zero-order chi connectivity index (χ0) is 13.9. The molecular formula is C16H27IO2. The molecule has 2 aliphatic rings. The van der Waals surface area contributed by atoms with E-state index in [1.165, 1.54) is 44.9 Å². The van der Waals surface area contributed by atoms with E-state index in [0.717, 1.165) is 19.3 Å². The third-order valence-electron chi connectivity index (χ3n) is 5.49. The smallest absolute Gasteiger partial charge is 0.319 e. The van der Waals surface area contributed by atoms with E-state index < -0.39 is 0 Å². The Hall–Kier alpha value is 0.200. The van der Waals surface area contributed by atoms with Crippen molar-refractivity contribution < 1.29 is 9.53 Å². The monoisotopic (exact) mass is 378 g/mol. The number of hydrogen-bond acceptors (Lipinski definition) is 2. The van der Waals surface area contributed by atoms with Gasteiger partial charge in [-0.1, -0.05) is 55.7 Å². The lowest BCUT2D eigenvalue weighted by molar-refractivity contribution is -0.186. The van der Waals surface area contributed by atoms with E-state index in [1.807, 2.05) is 0 Å². The molecule has 0 bridgehead atoms. The molecule has 1 spiro atoms. The van der Waals surface area contributed by atoms with Gasteiger partial charge in [-0.25, -0.2) is 0 Å². The van der Waals surface area contributed by atoms with Crippen molar-refractivity contribution in [2.75, 3.05) is 0 Å². The molecule has 2 aliphatic carbocycles. The Morgan fingerprint density at radius 3 is 2.11 bits per heavy atom. The number of esters is 1. The summed E-state index contributed by atoms with van der Waals surface area (Å²) in [5, 5.41) is 0. The van der Waals surface area contributed by atoms with Crippen molar-refractivity contribution in [3.8, 4) is 0 Å². The molecule has 0 N–H and O–H groups in total. The van der Waals surface area contributed by atoms with Gasteiger partial charge in [-0.15, -0.1) is 0 Å². The zero-order valence-corrected chi connectivity index (χ0v) is 14.5. The van der Waals surface area contributed by atoms with Crippen molar-refractivity contribution in [2.45, 2.75) is 87.6 Å². The van der Waals surface area contributed by atoms with E-state index >= 15 is 0 Å². The van der Waals surface area contributed by atoms with Gasteiger partial charge in [0, 0.05) is 5.41 Å². The number of halogens is 1. The van der Waals surface area contributed by atoms with Gasteiger partial charge in [0.15, 0.2) is 0 Å². The molecule has 2 atom stereocenters. The molecule has 2 rings (SSSR count). The fourth-order valence-electron chi connectivity index (χ4n) is 4.33. The van der Waals surface area contributed by atoms with Crippen LogP contribution in [0.15, 0.2) is 0 Å². The quantitative estimate of drug-likeness (QED) is 0.390. The minimum Gasteiger partial charge on any atom is -0.458 e. The summed E-state index contributed by atoms with van der Waals surface area (Å²) in [6, 6.07) is 0. The fourth-order valence-corrected chi connectivity index (χ4v) is 4.46. The van der Waals surface area contributed by atoms with E-state index in [-0.39, 0.29) is 15.5 Å². The van der Waals surface area contributed by atoms with Crippen LogP contribution in [0.1, 0.15) is 78.1 Å². The first-order valence-corrected chi connectivity index (χ1v) is 9.21. The van der Waals surface area contributed by atoms with Gasteiger partial charge < -0.3 is 4.74 Å². The fraction of sp³-hybridized carbons (Fsp3) is 0.938. The average Bonchev–Trinajstić information content (AvgIpc) is 2.90. The van der Waals surface area contributed by atoms with Gasteiger partial charge in [0.2, 0.25) is 0 Å². The van der Waals surface area contributed by atoms with Crippen molar-refractivity contribution >= 4 is 28.6 Å². The lowest BCUT2D eigenvalue weighted by atomic mass is 9.60. The Kier molecular flexibility index (Phi) is 5.18. The summed E-state index contributed by atoms with van der Waals surface area (Å²) in [6.45, 7) is 4.27. The summed E-state index contributed by atoms with van der Waals surface area (Å²) < 4.78 is 6.19. The predicted molar refractivity (Wildman–Crippen MR) is 86.6 cm³/mol. The molecule has 2 saturated carbocycles. The molecule has 0 aromatic rings. The third-order valence-corrected chi connectivity index (χ3v) is 6.88. The van der Waals surface area contributed by atoms with E-state index in [2.05, 4.69) is 36.4 Å².